The van der Waals surface area contributed by atoms with Crippen molar-refractivity contribution in [2.45, 2.75) is 17.3 Å². The van der Waals surface area contributed by atoms with Crippen molar-refractivity contribution < 1.29 is 0 Å². The molecular formula is C19H15BrN4OS. The Morgan fingerprint density at radius 2 is 1.85 bits per heavy atom. The fourth-order valence-corrected chi connectivity index (χ4v) is 3.89. The zero-order chi connectivity index (χ0) is 18.1. The minimum absolute atomic E-state index is 0.167. The lowest BCUT2D eigenvalue weighted by Gasteiger charge is -2.10. The van der Waals surface area contributed by atoms with Gasteiger partial charge in [0.2, 0.25) is 0 Å². The summed E-state index contributed by atoms with van der Waals surface area (Å²) in [6.07, 6.45) is 1.68. The Balaban J connectivity index is 1.74. The van der Waals surface area contributed by atoms with Gasteiger partial charge in [-0.1, -0.05) is 70.2 Å². The van der Waals surface area contributed by atoms with Gasteiger partial charge in [0, 0.05) is 15.3 Å². The Morgan fingerprint density at radius 1 is 1.12 bits per heavy atom. The van der Waals surface area contributed by atoms with Gasteiger partial charge in [0.15, 0.2) is 10.8 Å². The zero-order valence-corrected chi connectivity index (χ0v) is 16.3. The Hall–Kier alpha value is -2.38. The van der Waals surface area contributed by atoms with Gasteiger partial charge in [0.1, 0.15) is 0 Å². The van der Waals surface area contributed by atoms with Gasteiger partial charge in [0.25, 0.3) is 0 Å². The number of benzene rings is 2. The van der Waals surface area contributed by atoms with E-state index >= 15 is 0 Å². The molecule has 4 aromatic rings. The predicted octanol–water partition coefficient (Wildman–Crippen LogP) is 4.70. The molecule has 0 saturated carbocycles. The second-order valence-corrected chi connectivity index (χ2v) is 8.06. The van der Waals surface area contributed by atoms with E-state index in [1.165, 1.54) is 21.8 Å². The topological polar surface area (TPSA) is 63.1 Å². The van der Waals surface area contributed by atoms with Crippen LogP contribution in [0.2, 0.25) is 0 Å². The van der Waals surface area contributed by atoms with Crippen LogP contribution in [-0.4, -0.2) is 19.6 Å². The number of nitrogens with zero attached hydrogens (tertiary/aromatic N) is 3. The molecule has 26 heavy (non-hydrogen) atoms. The maximum absolute atomic E-state index is 12.4. The van der Waals surface area contributed by atoms with Crippen LogP contribution in [0.3, 0.4) is 0 Å². The monoisotopic (exact) mass is 426 g/mol. The first-order valence-electron chi connectivity index (χ1n) is 8.07. The Morgan fingerprint density at radius 3 is 2.58 bits per heavy atom. The summed E-state index contributed by atoms with van der Waals surface area (Å²) in [7, 11) is 0. The molecule has 1 unspecified atom stereocenters. The highest BCUT2D eigenvalue weighted by molar-refractivity contribution is 9.10. The highest BCUT2D eigenvalue weighted by atomic mass is 79.9. The second kappa shape index (κ2) is 7.09. The summed E-state index contributed by atoms with van der Waals surface area (Å²) in [5, 5.41) is 4.93. The molecular weight excluding hydrogens is 412 g/mol. The van der Waals surface area contributed by atoms with Gasteiger partial charge in [-0.05, 0) is 30.2 Å². The fourth-order valence-electron chi connectivity index (χ4n) is 2.72. The van der Waals surface area contributed by atoms with Crippen LogP contribution in [0.1, 0.15) is 17.7 Å². The molecule has 0 saturated heterocycles. The summed E-state index contributed by atoms with van der Waals surface area (Å²) in [6, 6.07) is 18.0. The molecule has 1 atom stereocenters. The smallest absolute Gasteiger partial charge is 0.285 e. The van der Waals surface area contributed by atoms with E-state index in [2.05, 4.69) is 50.1 Å². The van der Waals surface area contributed by atoms with Crippen molar-refractivity contribution in [3.63, 3.8) is 0 Å². The fraction of sp³-hybridized carbons (Fsp3) is 0.105. The molecule has 0 aliphatic rings. The molecule has 2 heterocycles. The average Bonchev–Trinajstić information content (AvgIpc) is 3.07. The highest BCUT2D eigenvalue weighted by Gasteiger charge is 2.14. The first-order chi connectivity index (χ1) is 12.6. The first kappa shape index (κ1) is 17.1. The third-order valence-corrected chi connectivity index (χ3v) is 5.64. The number of halogens is 1. The van der Waals surface area contributed by atoms with Crippen LogP contribution in [0.5, 0.6) is 0 Å². The Bertz CT molecular complexity index is 1110. The summed E-state index contributed by atoms with van der Waals surface area (Å²) >= 11 is 4.96. The molecule has 130 valence electrons. The van der Waals surface area contributed by atoms with Crippen molar-refractivity contribution >= 4 is 33.3 Å². The minimum atomic E-state index is -0.291. The molecule has 0 spiro atoms. The molecule has 4 rings (SSSR count). The van der Waals surface area contributed by atoms with Gasteiger partial charge in [-0.3, -0.25) is 4.98 Å². The second-order valence-electron chi connectivity index (χ2n) is 5.82. The molecule has 0 radical (unpaired) electrons. The molecule has 0 aliphatic heterocycles. The molecule has 0 fully saturated rings. The minimum Gasteiger partial charge on any atom is -0.285 e. The van der Waals surface area contributed by atoms with Crippen molar-refractivity contribution in [1.29, 1.82) is 0 Å². The van der Waals surface area contributed by atoms with E-state index in [0.29, 0.717) is 10.8 Å². The molecule has 7 heteroatoms. The summed E-state index contributed by atoms with van der Waals surface area (Å²) in [5.41, 5.74) is 3.24. The third-order valence-electron chi connectivity index (χ3n) is 4.07. The van der Waals surface area contributed by atoms with Gasteiger partial charge < -0.3 is 0 Å². The summed E-state index contributed by atoms with van der Waals surface area (Å²) < 4.78 is 2.30. The van der Waals surface area contributed by atoms with Gasteiger partial charge in [-0.25, -0.2) is 9.78 Å². The summed E-state index contributed by atoms with van der Waals surface area (Å²) in [6.45, 7) is 2.09. The average molecular weight is 427 g/mol. The van der Waals surface area contributed by atoms with Crippen molar-refractivity contribution in [2.75, 3.05) is 0 Å². The number of thioether (sulfide) groups is 1. The van der Waals surface area contributed by atoms with Crippen LogP contribution < -0.4 is 5.69 Å². The van der Waals surface area contributed by atoms with E-state index in [4.69, 9.17) is 0 Å². The molecule has 2 aromatic carbocycles. The van der Waals surface area contributed by atoms with Gasteiger partial charge >= 0.3 is 5.69 Å². The Labute approximate surface area is 162 Å². The predicted molar refractivity (Wildman–Crippen MR) is 107 cm³/mol. The molecule has 0 aliphatic carbocycles. The lowest BCUT2D eigenvalue weighted by atomic mass is 10.1. The SMILES string of the molecule is CC(Sc1nc2c(-c3ccc(Br)cc3)cnn2c(=O)[nH]1)c1ccccc1. The van der Waals surface area contributed by atoms with Crippen LogP contribution in [0.25, 0.3) is 16.8 Å². The van der Waals surface area contributed by atoms with E-state index in [-0.39, 0.29) is 10.9 Å². The zero-order valence-electron chi connectivity index (χ0n) is 13.9. The van der Waals surface area contributed by atoms with Crippen LogP contribution in [0.15, 0.2) is 75.2 Å². The number of aromatic amines is 1. The van der Waals surface area contributed by atoms with E-state index < -0.39 is 0 Å². The van der Waals surface area contributed by atoms with Crippen LogP contribution in [-0.2, 0) is 0 Å². The standard InChI is InChI=1S/C19H15BrN4OS/c1-12(13-5-3-2-4-6-13)26-18-22-17-16(11-21-24(17)19(25)23-18)14-7-9-15(20)10-8-14/h2-12H,1H3,(H,22,23,25). The number of H-pyrrole nitrogens is 1. The lowest BCUT2D eigenvalue weighted by molar-refractivity contribution is 0.785. The van der Waals surface area contributed by atoms with Crippen molar-refractivity contribution in [3.8, 4) is 11.1 Å². The number of fused-ring (bicyclic) bond motifs is 1. The largest absolute Gasteiger partial charge is 0.350 e. The van der Waals surface area contributed by atoms with Crippen molar-refractivity contribution in [3.05, 3.63) is 81.3 Å². The van der Waals surface area contributed by atoms with E-state index in [0.717, 1.165) is 15.6 Å². The number of rotatable bonds is 4. The van der Waals surface area contributed by atoms with Crippen LogP contribution in [0, 0.1) is 0 Å². The third kappa shape index (κ3) is 3.32. The normalized spacial score (nSPS) is 12.4. The van der Waals surface area contributed by atoms with Crippen LogP contribution >= 0.6 is 27.7 Å². The van der Waals surface area contributed by atoms with Gasteiger partial charge in [0.05, 0.1) is 6.20 Å². The quantitative estimate of drug-likeness (QED) is 0.480. The number of hydrogen-bond acceptors (Lipinski definition) is 4. The molecule has 0 bridgehead atoms. The number of hydrogen-bond donors (Lipinski definition) is 1. The van der Waals surface area contributed by atoms with Gasteiger partial charge in [-0.2, -0.15) is 9.61 Å². The lowest BCUT2D eigenvalue weighted by Crippen LogP contribution is -2.19. The molecule has 5 nitrogen and oxygen atoms in total. The number of nitrogens with one attached hydrogen (secondary N) is 1. The summed E-state index contributed by atoms with van der Waals surface area (Å²) in [4.78, 5) is 19.9. The molecule has 0 amide bonds. The maximum atomic E-state index is 12.4. The van der Waals surface area contributed by atoms with E-state index in [9.17, 15) is 4.79 Å². The van der Waals surface area contributed by atoms with E-state index in [1.807, 2.05) is 42.5 Å². The molecule has 2 aromatic heterocycles. The van der Waals surface area contributed by atoms with Crippen molar-refractivity contribution in [1.82, 2.24) is 19.6 Å². The number of aromatic nitrogens is 4. The van der Waals surface area contributed by atoms with Crippen molar-refractivity contribution in [2.24, 2.45) is 0 Å². The maximum Gasteiger partial charge on any atom is 0.350 e. The first-order valence-corrected chi connectivity index (χ1v) is 9.74. The van der Waals surface area contributed by atoms with Crippen LogP contribution in [0.4, 0.5) is 0 Å². The highest BCUT2D eigenvalue weighted by Crippen LogP contribution is 2.33. The van der Waals surface area contributed by atoms with E-state index in [1.54, 1.807) is 6.20 Å². The summed E-state index contributed by atoms with van der Waals surface area (Å²) in [5.74, 6) is 0. The Kier molecular flexibility index (Phi) is 4.65. The molecule has 1 N–H and O–H groups in total. The van der Waals surface area contributed by atoms with Gasteiger partial charge in [-0.15, -0.1) is 0 Å².